The molecule has 0 saturated heterocycles. The quantitative estimate of drug-likeness (QED) is 0.758. The predicted molar refractivity (Wildman–Crippen MR) is 102 cm³/mol. The zero-order valence-electron chi connectivity index (χ0n) is 15.9. The molecule has 154 valence electrons. The Morgan fingerprint density at radius 1 is 1.10 bits per heavy atom. The van der Waals surface area contributed by atoms with Crippen LogP contribution in [-0.2, 0) is 11.6 Å². The van der Waals surface area contributed by atoms with Crippen molar-refractivity contribution in [2.45, 2.75) is 57.0 Å². The number of nitrogens with one attached hydrogen (secondary N) is 1. The molecule has 0 spiro atoms. The Kier molecular flexibility index (Phi) is 4.24. The van der Waals surface area contributed by atoms with Gasteiger partial charge in [-0.15, -0.1) is 10.2 Å². The molecule has 9 heteroatoms. The third-order valence-electron chi connectivity index (χ3n) is 6.76. The van der Waals surface area contributed by atoms with Crippen molar-refractivity contribution in [3.63, 3.8) is 0 Å². The predicted octanol–water partition coefficient (Wildman–Crippen LogP) is 4.98. The summed E-state index contributed by atoms with van der Waals surface area (Å²) in [6.45, 7) is 1.39. The lowest BCUT2D eigenvalue weighted by atomic mass is 9.50. The average molecular weight is 422 g/mol. The normalized spacial score (nSPS) is 30.6. The third-order valence-corrected chi connectivity index (χ3v) is 7.84. The molecule has 5 nitrogen and oxygen atoms in total. The number of pyridine rings is 1. The first-order valence-corrected chi connectivity index (χ1v) is 10.7. The number of carbonyl (C=O) groups excluding carboxylic acids is 1. The molecule has 4 fully saturated rings. The third kappa shape index (κ3) is 3.33. The van der Waals surface area contributed by atoms with Crippen molar-refractivity contribution >= 4 is 22.4 Å². The highest BCUT2D eigenvalue weighted by atomic mass is 32.1. The van der Waals surface area contributed by atoms with E-state index in [1.165, 1.54) is 37.5 Å². The Labute approximate surface area is 170 Å². The van der Waals surface area contributed by atoms with Gasteiger partial charge in [-0.1, -0.05) is 11.3 Å². The van der Waals surface area contributed by atoms with Crippen LogP contribution in [0.25, 0.3) is 0 Å². The number of halogens is 3. The standard InChI is InChI=1S/C20H21F3N4OS/c1-10-14(2-3-15(24-10)20(21,22)23)16(28)25-18-27-26-17(29-18)19-7-11-4-12(8-19)6-13(5-11)9-19/h2-3,11-13H,4-9H2,1H3,(H,25,27,28). The van der Waals surface area contributed by atoms with Crippen molar-refractivity contribution in [3.8, 4) is 0 Å². The van der Waals surface area contributed by atoms with Gasteiger partial charge in [-0.05, 0) is 75.3 Å². The number of carbonyl (C=O) groups is 1. The lowest BCUT2D eigenvalue weighted by Gasteiger charge is -2.55. The summed E-state index contributed by atoms with van der Waals surface area (Å²) in [5.74, 6) is 1.83. The second-order valence-corrected chi connectivity index (χ2v) is 9.87. The minimum atomic E-state index is -4.54. The highest BCUT2D eigenvalue weighted by Crippen LogP contribution is 2.61. The van der Waals surface area contributed by atoms with Gasteiger partial charge in [-0.3, -0.25) is 10.1 Å². The monoisotopic (exact) mass is 422 g/mol. The van der Waals surface area contributed by atoms with Crippen molar-refractivity contribution in [1.29, 1.82) is 0 Å². The summed E-state index contributed by atoms with van der Waals surface area (Å²) in [7, 11) is 0. The molecule has 6 rings (SSSR count). The highest BCUT2D eigenvalue weighted by molar-refractivity contribution is 7.15. The molecule has 0 unspecified atom stereocenters. The Bertz CT molecular complexity index is 936. The van der Waals surface area contributed by atoms with Gasteiger partial charge in [0.2, 0.25) is 5.13 Å². The summed E-state index contributed by atoms with van der Waals surface area (Å²) in [6.07, 6.45) is 2.94. The molecule has 4 saturated carbocycles. The molecule has 0 aliphatic heterocycles. The van der Waals surface area contributed by atoms with Crippen molar-refractivity contribution in [3.05, 3.63) is 34.1 Å². The minimum Gasteiger partial charge on any atom is -0.296 e. The minimum absolute atomic E-state index is 0.0307. The van der Waals surface area contributed by atoms with Crippen LogP contribution in [0.5, 0.6) is 0 Å². The van der Waals surface area contributed by atoms with Gasteiger partial charge in [0.1, 0.15) is 10.7 Å². The van der Waals surface area contributed by atoms with Crippen LogP contribution in [0.4, 0.5) is 18.3 Å². The van der Waals surface area contributed by atoms with E-state index in [2.05, 4.69) is 20.5 Å². The molecule has 2 aromatic rings. The van der Waals surface area contributed by atoms with E-state index in [1.807, 2.05) is 0 Å². The first kappa shape index (κ1) is 19.0. The number of aryl methyl sites for hydroxylation is 1. The van der Waals surface area contributed by atoms with Crippen molar-refractivity contribution in [2.24, 2.45) is 17.8 Å². The SMILES string of the molecule is Cc1nc(C(F)(F)F)ccc1C(=O)Nc1nnc(C23CC4CC(CC(C4)C2)C3)s1. The molecule has 29 heavy (non-hydrogen) atoms. The average Bonchev–Trinajstić information content (AvgIpc) is 3.09. The molecular formula is C20H21F3N4OS. The maximum Gasteiger partial charge on any atom is 0.433 e. The van der Waals surface area contributed by atoms with Crippen LogP contribution in [0.15, 0.2) is 12.1 Å². The van der Waals surface area contributed by atoms with Gasteiger partial charge >= 0.3 is 6.18 Å². The number of rotatable bonds is 3. The Balaban J connectivity index is 1.34. The summed E-state index contributed by atoms with van der Waals surface area (Å²) < 4.78 is 38.3. The van der Waals surface area contributed by atoms with Gasteiger partial charge in [0.25, 0.3) is 5.91 Å². The van der Waals surface area contributed by atoms with Crippen LogP contribution in [0, 0.1) is 24.7 Å². The van der Waals surface area contributed by atoms with Crippen molar-refractivity contribution < 1.29 is 18.0 Å². The molecule has 1 amide bonds. The molecule has 4 aliphatic rings. The fourth-order valence-corrected chi connectivity index (χ4v) is 6.94. The molecular weight excluding hydrogens is 401 g/mol. The van der Waals surface area contributed by atoms with Crippen molar-refractivity contribution in [2.75, 3.05) is 5.32 Å². The van der Waals surface area contributed by atoms with E-state index in [0.717, 1.165) is 54.2 Å². The zero-order valence-corrected chi connectivity index (χ0v) is 16.7. The molecule has 2 aromatic heterocycles. The van der Waals surface area contributed by atoms with E-state index >= 15 is 0 Å². The largest absolute Gasteiger partial charge is 0.433 e. The summed E-state index contributed by atoms with van der Waals surface area (Å²) >= 11 is 1.40. The fourth-order valence-electron chi connectivity index (χ4n) is 5.98. The van der Waals surface area contributed by atoms with E-state index in [1.54, 1.807) is 0 Å². The Morgan fingerprint density at radius 2 is 1.72 bits per heavy atom. The van der Waals surface area contributed by atoms with E-state index in [9.17, 15) is 18.0 Å². The number of amides is 1. The first-order chi connectivity index (χ1) is 13.7. The van der Waals surface area contributed by atoms with E-state index < -0.39 is 17.8 Å². The summed E-state index contributed by atoms with van der Waals surface area (Å²) in [6, 6.07) is 1.98. The first-order valence-electron chi connectivity index (χ1n) is 9.92. The van der Waals surface area contributed by atoms with E-state index in [0.29, 0.717) is 5.13 Å². The number of alkyl halides is 3. The zero-order chi connectivity index (χ0) is 20.4. The van der Waals surface area contributed by atoms with E-state index in [-0.39, 0.29) is 16.7 Å². The van der Waals surface area contributed by atoms with Gasteiger partial charge in [-0.2, -0.15) is 13.2 Å². The Morgan fingerprint density at radius 3 is 2.28 bits per heavy atom. The fraction of sp³-hybridized carbons (Fsp3) is 0.600. The van der Waals surface area contributed by atoms with Crippen LogP contribution in [0.2, 0.25) is 0 Å². The van der Waals surface area contributed by atoms with Crippen LogP contribution in [-0.4, -0.2) is 21.1 Å². The summed E-state index contributed by atoms with van der Waals surface area (Å²) in [4.78, 5) is 16.1. The molecule has 0 radical (unpaired) electrons. The summed E-state index contributed by atoms with van der Waals surface area (Å²) in [5, 5.41) is 12.7. The highest BCUT2D eigenvalue weighted by Gasteiger charge is 2.53. The lowest BCUT2D eigenvalue weighted by molar-refractivity contribution is -0.141. The second kappa shape index (κ2) is 6.48. The van der Waals surface area contributed by atoms with Gasteiger partial charge < -0.3 is 0 Å². The maximum atomic E-state index is 12.8. The molecule has 4 aliphatic carbocycles. The van der Waals surface area contributed by atoms with Gasteiger partial charge in [-0.25, -0.2) is 4.98 Å². The number of aromatic nitrogens is 3. The van der Waals surface area contributed by atoms with Crippen LogP contribution >= 0.6 is 11.3 Å². The van der Waals surface area contributed by atoms with Crippen LogP contribution < -0.4 is 5.32 Å². The van der Waals surface area contributed by atoms with Crippen LogP contribution in [0.1, 0.15) is 65.3 Å². The molecule has 0 atom stereocenters. The number of anilines is 1. The smallest absolute Gasteiger partial charge is 0.296 e. The maximum absolute atomic E-state index is 12.8. The number of nitrogens with zero attached hydrogens (tertiary/aromatic N) is 3. The Hall–Kier alpha value is -2.03. The van der Waals surface area contributed by atoms with Crippen molar-refractivity contribution in [1.82, 2.24) is 15.2 Å². The van der Waals surface area contributed by atoms with Gasteiger partial charge in [0.05, 0.1) is 11.3 Å². The van der Waals surface area contributed by atoms with Gasteiger partial charge in [0.15, 0.2) is 0 Å². The lowest BCUT2D eigenvalue weighted by Crippen LogP contribution is -2.48. The topological polar surface area (TPSA) is 67.8 Å². The number of hydrogen-bond donors (Lipinski definition) is 1. The molecule has 4 bridgehead atoms. The van der Waals surface area contributed by atoms with Gasteiger partial charge in [0, 0.05) is 5.41 Å². The van der Waals surface area contributed by atoms with E-state index in [4.69, 9.17) is 0 Å². The van der Waals surface area contributed by atoms with Crippen LogP contribution in [0.3, 0.4) is 0 Å². The number of hydrogen-bond acceptors (Lipinski definition) is 5. The summed E-state index contributed by atoms with van der Waals surface area (Å²) in [5.41, 5.74) is -0.777. The molecule has 0 aromatic carbocycles. The second-order valence-electron chi connectivity index (χ2n) is 8.89. The molecule has 2 heterocycles. The molecule has 1 N–H and O–H groups in total.